The lowest BCUT2D eigenvalue weighted by atomic mass is 10.1. The van der Waals surface area contributed by atoms with Gasteiger partial charge < -0.3 is 19.7 Å². The number of aryl methyl sites for hydroxylation is 1. The van der Waals surface area contributed by atoms with Crippen LogP contribution in [0.3, 0.4) is 0 Å². The van der Waals surface area contributed by atoms with Gasteiger partial charge in [0.15, 0.2) is 0 Å². The Labute approximate surface area is 175 Å². The van der Waals surface area contributed by atoms with E-state index >= 15 is 0 Å². The molecule has 2 aromatic carbocycles. The molecular weight excluding hydrogens is 386 g/mol. The number of hydrogen-bond acceptors (Lipinski definition) is 5. The standard InChI is InChI=1S/C22H25N3O5/c1-15-5-4-6-17(13-15)25-21(27)19(24(22(25)28)11-12-29-2)14-20(26)23-16-7-9-18(30-3)10-8-16/h4-10,13,19H,11-12,14H2,1-3H3,(H,23,26)/t19-/m0/s1. The maximum Gasteiger partial charge on any atom is 0.332 e. The summed E-state index contributed by atoms with van der Waals surface area (Å²) in [7, 11) is 3.08. The highest BCUT2D eigenvalue weighted by atomic mass is 16.5. The molecule has 8 heteroatoms. The number of urea groups is 1. The first kappa shape index (κ1) is 21.3. The number of amides is 4. The molecule has 1 aliphatic heterocycles. The van der Waals surface area contributed by atoms with E-state index in [1.54, 1.807) is 49.6 Å². The number of hydrogen-bond donors (Lipinski definition) is 1. The highest BCUT2D eigenvalue weighted by Crippen LogP contribution is 2.27. The van der Waals surface area contributed by atoms with Crippen LogP contribution >= 0.6 is 0 Å². The van der Waals surface area contributed by atoms with Crippen LogP contribution in [0.2, 0.25) is 0 Å². The average Bonchev–Trinajstić information content (AvgIpc) is 2.96. The third kappa shape index (κ3) is 4.60. The summed E-state index contributed by atoms with van der Waals surface area (Å²) in [5.41, 5.74) is 2.00. The molecule has 1 aliphatic rings. The summed E-state index contributed by atoms with van der Waals surface area (Å²) in [5.74, 6) is -0.115. The molecule has 1 fully saturated rings. The molecule has 0 saturated carbocycles. The first-order chi connectivity index (χ1) is 14.4. The lowest BCUT2D eigenvalue weighted by Crippen LogP contribution is -2.39. The molecule has 0 unspecified atom stereocenters. The second-order valence-corrected chi connectivity index (χ2v) is 6.98. The molecule has 1 heterocycles. The highest BCUT2D eigenvalue weighted by Gasteiger charge is 2.46. The van der Waals surface area contributed by atoms with Gasteiger partial charge in [-0.05, 0) is 48.9 Å². The summed E-state index contributed by atoms with van der Waals surface area (Å²) in [6.07, 6.45) is -0.150. The first-order valence-electron chi connectivity index (χ1n) is 9.58. The number of carbonyl (C=O) groups is 3. The Morgan fingerprint density at radius 3 is 2.47 bits per heavy atom. The predicted octanol–water partition coefficient (Wildman–Crippen LogP) is 2.82. The lowest BCUT2D eigenvalue weighted by Gasteiger charge is -2.21. The minimum atomic E-state index is -0.897. The van der Waals surface area contributed by atoms with Crippen molar-refractivity contribution in [3.8, 4) is 5.75 Å². The molecule has 0 aromatic heterocycles. The van der Waals surface area contributed by atoms with E-state index in [1.807, 2.05) is 13.0 Å². The maximum atomic E-state index is 13.1. The van der Waals surface area contributed by atoms with Crippen molar-refractivity contribution in [1.29, 1.82) is 0 Å². The number of benzene rings is 2. The fourth-order valence-electron chi connectivity index (χ4n) is 3.34. The molecule has 1 saturated heterocycles. The van der Waals surface area contributed by atoms with Crippen molar-refractivity contribution < 1.29 is 23.9 Å². The summed E-state index contributed by atoms with van der Waals surface area (Å²) in [5, 5.41) is 2.76. The van der Waals surface area contributed by atoms with Crippen LogP contribution in [-0.4, -0.2) is 56.2 Å². The Balaban J connectivity index is 1.78. The largest absolute Gasteiger partial charge is 0.497 e. The minimum Gasteiger partial charge on any atom is -0.497 e. The smallest absolute Gasteiger partial charge is 0.332 e. The fourth-order valence-corrected chi connectivity index (χ4v) is 3.34. The zero-order valence-electron chi connectivity index (χ0n) is 17.3. The van der Waals surface area contributed by atoms with E-state index in [9.17, 15) is 14.4 Å². The van der Waals surface area contributed by atoms with Crippen LogP contribution < -0.4 is 15.0 Å². The highest BCUT2D eigenvalue weighted by molar-refractivity contribution is 6.22. The summed E-state index contributed by atoms with van der Waals surface area (Å²) in [4.78, 5) is 41.2. The van der Waals surface area contributed by atoms with E-state index in [2.05, 4.69) is 5.32 Å². The number of nitrogens with one attached hydrogen (secondary N) is 1. The zero-order chi connectivity index (χ0) is 21.7. The molecule has 3 rings (SSSR count). The molecule has 0 radical (unpaired) electrons. The molecule has 4 amide bonds. The second-order valence-electron chi connectivity index (χ2n) is 6.98. The number of anilines is 2. The molecule has 30 heavy (non-hydrogen) atoms. The minimum absolute atomic E-state index is 0.150. The second kappa shape index (κ2) is 9.41. The van der Waals surface area contributed by atoms with Crippen LogP contribution in [0, 0.1) is 6.92 Å². The predicted molar refractivity (Wildman–Crippen MR) is 113 cm³/mol. The van der Waals surface area contributed by atoms with Crippen molar-refractivity contribution in [1.82, 2.24) is 4.90 Å². The average molecular weight is 411 g/mol. The van der Waals surface area contributed by atoms with Gasteiger partial charge in [-0.3, -0.25) is 9.59 Å². The van der Waals surface area contributed by atoms with Gasteiger partial charge in [-0.2, -0.15) is 0 Å². The molecule has 2 aromatic rings. The summed E-state index contributed by atoms with van der Waals surface area (Å²) in [6.45, 7) is 2.36. The van der Waals surface area contributed by atoms with E-state index in [0.29, 0.717) is 17.1 Å². The van der Waals surface area contributed by atoms with Crippen LogP contribution in [0.15, 0.2) is 48.5 Å². The van der Waals surface area contributed by atoms with E-state index in [4.69, 9.17) is 9.47 Å². The summed E-state index contributed by atoms with van der Waals surface area (Å²) in [6, 6.07) is 12.7. The first-order valence-corrected chi connectivity index (χ1v) is 9.58. The lowest BCUT2D eigenvalue weighted by molar-refractivity contribution is -0.124. The van der Waals surface area contributed by atoms with Crippen LogP contribution in [0.25, 0.3) is 0 Å². The molecular formula is C22H25N3O5. The van der Waals surface area contributed by atoms with Gasteiger partial charge in [0.2, 0.25) is 5.91 Å². The fraction of sp³-hybridized carbons (Fsp3) is 0.318. The molecule has 1 atom stereocenters. The molecule has 1 N–H and O–H groups in total. The van der Waals surface area contributed by atoms with Crippen molar-refractivity contribution in [3.63, 3.8) is 0 Å². The van der Waals surface area contributed by atoms with E-state index in [0.717, 1.165) is 10.5 Å². The summed E-state index contributed by atoms with van der Waals surface area (Å²) >= 11 is 0. The van der Waals surface area contributed by atoms with Crippen molar-refractivity contribution in [2.24, 2.45) is 0 Å². The van der Waals surface area contributed by atoms with Crippen LogP contribution in [0.1, 0.15) is 12.0 Å². The molecule has 0 aliphatic carbocycles. The molecule has 0 spiro atoms. The Morgan fingerprint density at radius 2 is 1.83 bits per heavy atom. The third-order valence-electron chi connectivity index (χ3n) is 4.87. The number of methoxy groups -OCH3 is 2. The normalized spacial score (nSPS) is 16.2. The van der Waals surface area contributed by atoms with Gasteiger partial charge in [-0.1, -0.05) is 12.1 Å². The van der Waals surface area contributed by atoms with Gasteiger partial charge in [0.25, 0.3) is 5.91 Å². The van der Waals surface area contributed by atoms with Gasteiger partial charge in [0.05, 0.1) is 25.8 Å². The molecule has 0 bridgehead atoms. The Morgan fingerprint density at radius 1 is 1.10 bits per heavy atom. The SMILES string of the molecule is COCCN1C(=O)N(c2cccc(C)c2)C(=O)[C@@H]1CC(=O)Nc1ccc(OC)cc1. The summed E-state index contributed by atoms with van der Waals surface area (Å²) < 4.78 is 10.2. The number of carbonyl (C=O) groups excluding carboxylic acids is 3. The van der Waals surface area contributed by atoms with Gasteiger partial charge >= 0.3 is 6.03 Å². The van der Waals surface area contributed by atoms with Gasteiger partial charge in [0.1, 0.15) is 11.8 Å². The van der Waals surface area contributed by atoms with Gasteiger partial charge in [-0.25, -0.2) is 9.69 Å². The Bertz CT molecular complexity index is 929. The monoisotopic (exact) mass is 411 g/mol. The Hall–Kier alpha value is -3.39. The van der Waals surface area contributed by atoms with Crippen LogP contribution in [0.5, 0.6) is 5.75 Å². The van der Waals surface area contributed by atoms with Crippen molar-refractivity contribution in [2.75, 3.05) is 37.6 Å². The van der Waals surface area contributed by atoms with Crippen molar-refractivity contribution >= 4 is 29.2 Å². The number of ether oxygens (including phenoxy) is 2. The quantitative estimate of drug-likeness (QED) is 0.675. The maximum absolute atomic E-state index is 13.1. The Kier molecular flexibility index (Phi) is 6.68. The van der Waals surface area contributed by atoms with Crippen molar-refractivity contribution in [3.05, 3.63) is 54.1 Å². The molecule has 8 nitrogen and oxygen atoms in total. The van der Waals surface area contributed by atoms with E-state index in [1.165, 1.54) is 12.0 Å². The third-order valence-corrected chi connectivity index (χ3v) is 4.87. The van der Waals surface area contributed by atoms with E-state index in [-0.39, 0.29) is 25.5 Å². The van der Waals surface area contributed by atoms with Crippen molar-refractivity contribution in [2.45, 2.75) is 19.4 Å². The molecule has 158 valence electrons. The van der Waals surface area contributed by atoms with Crippen LogP contribution in [-0.2, 0) is 14.3 Å². The van der Waals surface area contributed by atoms with Gasteiger partial charge in [0, 0.05) is 19.3 Å². The topological polar surface area (TPSA) is 88.2 Å². The van der Waals surface area contributed by atoms with E-state index < -0.39 is 18.0 Å². The zero-order valence-corrected chi connectivity index (χ0v) is 17.3. The van der Waals surface area contributed by atoms with Gasteiger partial charge in [-0.15, -0.1) is 0 Å². The number of rotatable bonds is 8. The number of imide groups is 1. The van der Waals surface area contributed by atoms with Crippen LogP contribution in [0.4, 0.5) is 16.2 Å². The number of nitrogens with zero attached hydrogens (tertiary/aromatic N) is 2.